The first kappa shape index (κ1) is 10.3. The van der Waals surface area contributed by atoms with Crippen LogP contribution in [-0.2, 0) is 0 Å². The summed E-state index contributed by atoms with van der Waals surface area (Å²) in [6.45, 7) is 0. The molecule has 0 saturated heterocycles. The van der Waals surface area contributed by atoms with E-state index >= 15 is 0 Å². The molecule has 0 N–H and O–H groups in total. The SMILES string of the molecule is [SiH3]c1c(-c2ccccc2)ccc2ccccc12. The van der Waals surface area contributed by atoms with E-state index in [2.05, 4.69) is 66.7 Å². The largest absolute Gasteiger partial charge is 0.0622 e. The molecule has 0 heterocycles. The number of benzene rings is 3. The molecule has 3 aromatic rings. The predicted octanol–water partition coefficient (Wildman–Crippen LogP) is 2.50. The van der Waals surface area contributed by atoms with Gasteiger partial charge in [-0.15, -0.1) is 0 Å². The summed E-state index contributed by atoms with van der Waals surface area (Å²) in [6, 6.07) is 23.8. The average Bonchev–Trinajstić information content (AvgIpc) is 2.40. The fourth-order valence-electron chi connectivity index (χ4n) is 2.36. The molecule has 0 atom stereocenters. The van der Waals surface area contributed by atoms with Crippen LogP contribution in [-0.4, -0.2) is 10.2 Å². The summed E-state index contributed by atoms with van der Waals surface area (Å²) in [5.74, 6) is 0. The Morgan fingerprint density at radius 1 is 0.647 bits per heavy atom. The van der Waals surface area contributed by atoms with Crippen LogP contribution >= 0.6 is 0 Å². The molecule has 0 fully saturated rings. The van der Waals surface area contributed by atoms with Crippen LogP contribution in [0.15, 0.2) is 66.7 Å². The predicted molar refractivity (Wildman–Crippen MR) is 79.0 cm³/mol. The highest BCUT2D eigenvalue weighted by Crippen LogP contribution is 2.21. The molecule has 0 unspecified atom stereocenters. The molecule has 3 rings (SSSR count). The van der Waals surface area contributed by atoms with Crippen molar-refractivity contribution in [1.82, 2.24) is 0 Å². The first-order valence-corrected chi connectivity index (χ1v) is 6.90. The van der Waals surface area contributed by atoms with Gasteiger partial charge < -0.3 is 0 Å². The van der Waals surface area contributed by atoms with E-state index < -0.39 is 0 Å². The third-order valence-corrected chi connectivity index (χ3v) is 4.36. The molecule has 0 nitrogen and oxygen atoms in total. The Kier molecular flexibility index (Phi) is 2.54. The second-order valence-corrected chi connectivity index (χ2v) is 5.33. The molecule has 0 aliphatic rings. The van der Waals surface area contributed by atoms with Crippen molar-refractivity contribution in [3.05, 3.63) is 66.7 Å². The zero-order valence-electron chi connectivity index (χ0n) is 9.85. The van der Waals surface area contributed by atoms with E-state index in [1.54, 1.807) is 0 Å². The summed E-state index contributed by atoms with van der Waals surface area (Å²) in [4.78, 5) is 0. The highest BCUT2D eigenvalue weighted by Gasteiger charge is 2.04. The lowest BCUT2D eigenvalue weighted by atomic mass is 10.0. The molecule has 0 radical (unpaired) electrons. The van der Waals surface area contributed by atoms with Crippen molar-refractivity contribution in [2.75, 3.05) is 0 Å². The van der Waals surface area contributed by atoms with Gasteiger partial charge in [-0.25, -0.2) is 0 Å². The average molecular weight is 234 g/mol. The van der Waals surface area contributed by atoms with Crippen LogP contribution in [0.3, 0.4) is 0 Å². The van der Waals surface area contributed by atoms with Crippen molar-refractivity contribution in [1.29, 1.82) is 0 Å². The maximum atomic E-state index is 2.25. The molecule has 17 heavy (non-hydrogen) atoms. The van der Waals surface area contributed by atoms with E-state index in [-0.39, 0.29) is 0 Å². The fourth-order valence-corrected chi connectivity index (χ4v) is 3.27. The summed E-state index contributed by atoms with van der Waals surface area (Å²) in [5.41, 5.74) is 2.71. The van der Waals surface area contributed by atoms with Crippen LogP contribution in [0.25, 0.3) is 21.9 Å². The van der Waals surface area contributed by atoms with Gasteiger partial charge in [-0.1, -0.05) is 71.9 Å². The van der Waals surface area contributed by atoms with E-state index in [1.165, 1.54) is 27.1 Å². The lowest BCUT2D eigenvalue weighted by molar-refractivity contribution is 1.66. The maximum Gasteiger partial charge on any atom is 0.0401 e. The topological polar surface area (TPSA) is 0 Å². The molecule has 3 aromatic carbocycles. The standard InChI is InChI=1S/C16H14Si/c17-16-14-9-5-4-8-13(14)10-11-15(16)12-6-2-1-3-7-12/h1-11H,17H3. The van der Waals surface area contributed by atoms with Crippen molar-refractivity contribution in [2.24, 2.45) is 0 Å². The van der Waals surface area contributed by atoms with Crippen molar-refractivity contribution < 1.29 is 0 Å². The van der Waals surface area contributed by atoms with E-state index in [9.17, 15) is 0 Å². The van der Waals surface area contributed by atoms with E-state index in [0.717, 1.165) is 10.2 Å². The van der Waals surface area contributed by atoms with Crippen LogP contribution in [0, 0.1) is 0 Å². The van der Waals surface area contributed by atoms with E-state index in [4.69, 9.17) is 0 Å². The Bertz CT molecular complexity index is 657. The Morgan fingerprint density at radius 2 is 1.35 bits per heavy atom. The van der Waals surface area contributed by atoms with Gasteiger partial charge in [0.2, 0.25) is 0 Å². The van der Waals surface area contributed by atoms with Crippen LogP contribution in [0.1, 0.15) is 0 Å². The molecule has 82 valence electrons. The highest BCUT2D eigenvalue weighted by molar-refractivity contribution is 6.42. The number of hydrogen-bond acceptors (Lipinski definition) is 0. The van der Waals surface area contributed by atoms with Crippen molar-refractivity contribution in [2.45, 2.75) is 0 Å². The quantitative estimate of drug-likeness (QED) is 0.568. The molecule has 0 spiro atoms. The normalized spacial score (nSPS) is 10.8. The molecule has 1 heteroatoms. The second-order valence-electron chi connectivity index (χ2n) is 4.33. The van der Waals surface area contributed by atoms with Crippen LogP contribution in [0.4, 0.5) is 0 Å². The molecule has 0 aromatic heterocycles. The summed E-state index contributed by atoms with van der Waals surface area (Å²) in [7, 11) is 1.07. The van der Waals surface area contributed by atoms with Gasteiger partial charge in [0.25, 0.3) is 0 Å². The van der Waals surface area contributed by atoms with Gasteiger partial charge in [-0.3, -0.25) is 0 Å². The minimum Gasteiger partial charge on any atom is -0.0622 e. The Morgan fingerprint density at radius 3 is 2.18 bits per heavy atom. The first-order chi connectivity index (χ1) is 8.36. The molecular formula is C16H14Si. The molecule has 0 amide bonds. The van der Waals surface area contributed by atoms with Gasteiger partial charge in [0.1, 0.15) is 0 Å². The zero-order valence-corrected chi connectivity index (χ0v) is 11.9. The number of hydrogen-bond donors (Lipinski definition) is 0. The van der Waals surface area contributed by atoms with Crippen molar-refractivity contribution in [3.8, 4) is 11.1 Å². The van der Waals surface area contributed by atoms with Crippen LogP contribution in [0.5, 0.6) is 0 Å². The van der Waals surface area contributed by atoms with Gasteiger partial charge in [0.15, 0.2) is 0 Å². The van der Waals surface area contributed by atoms with Gasteiger partial charge in [-0.05, 0) is 21.9 Å². The molecule has 0 saturated carbocycles. The Balaban J connectivity index is 2.29. The fraction of sp³-hybridized carbons (Fsp3) is 0. The smallest absolute Gasteiger partial charge is 0.0401 e. The minimum atomic E-state index is 1.07. The van der Waals surface area contributed by atoms with Gasteiger partial charge in [0, 0.05) is 10.2 Å². The molecule has 0 aliphatic carbocycles. The Labute approximate surface area is 104 Å². The summed E-state index contributed by atoms with van der Waals surface area (Å²) in [6.07, 6.45) is 0. The van der Waals surface area contributed by atoms with Crippen molar-refractivity contribution >= 4 is 26.2 Å². The molecular weight excluding hydrogens is 220 g/mol. The lowest BCUT2D eigenvalue weighted by Crippen LogP contribution is -2.08. The van der Waals surface area contributed by atoms with Crippen molar-refractivity contribution in [3.63, 3.8) is 0 Å². The molecule has 0 bridgehead atoms. The Hall–Kier alpha value is -1.86. The van der Waals surface area contributed by atoms with Gasteiger partial charge in [0.05, 0.1) is 0 Å². The summed E-state index contributed by atoms with van der Waals surface area (Å²) >= 11 is 0. The number of rotatable bonds is 1. The monoisotopic (exact) mass is 234 g/mol. The maximum absolute atomic E-state index is 2.25. The summed E-state index contributed by atoms with van der Waals surface area (Å²) < 4.78 is 0. The second kappa shape index (κ2) is 4.19. The molecule has 0 aliphatic heterocycles. The third kappa shape index (κ3) is 1.79. The van der Waals surface area contributed by atoms with Gasteiger partial charge in [-0.2, -0.15) is 0 Å². The van der Waals surface area contributed by atoms with E-state index in [0.29, 0.717) is 0 Å². The third-order valence-electron chi connectivity index (χ3n) is 3.28. The first-order valence-electron chi connectivity index (χ1n) is 5.90. The van der Waals surface area contributed by atoms with Crippen LogP contribution < -0.4 is 5.19 Å². The highest BCUT2D eigenvalue weighted by atomic mass is 28.1. The lowest BCUT2D eigenvalue weighted by Gasteiger charge is -2.09. The minimum absolute atomic E-state index is 1.07. The van der Waals surface area contributed by atoms with Crippen LogP contribution in [0.2, 0.25) is 0 Å². The number of fused-ring (bicyclic) bond motifs is 1. The van der Waals surface area contributed by atoms with E-state index in [1.807, 2.05) is 0 Å². The zero-order chi connectivity index (χ0) is 11.7. The van der Waals surface area contributed by atoms with Gasteiger partial charge >= 0.3 is 0 Å². The summed E-state index contributed by atoms with van der Waals surface area (Å²) in [5, 5.41) is 4.24.